The molecule has 0 bridgehead atoms. The summed E-state index contributed by atoms with van der Waals surface area (Å²) in [6.07, 6.45) is 5.18. The zero-order valence-corrected chi connectivity index (χ0v) is 12.5. The van der Waals surface area contributed by atoms with Crippen molar-refractivity contribution in [2.45, 2.75) is 57.6 Å². The maximum Gasteiger partial charge on any atom is 0.0839 e. The lowest BCUT2D eigenvalue weighted by molar-refractivity contribution is -0.0498. The molecule has 1 aromatic carbocycles. The first-order chi connectivity index (χ1) is 9.22. The van der Waals surface area contributed by atoms with Crippen LogP contribution in [0.3, 0.4) is 0 Å². The van der Waals surface area contributed by atoms with Gasteiger partial charge in [0.25, 0.3) is 0 Å². The van der Waals surface area contributed by atoms with E-state index in [1.54, 1.807) is 7.11 Å². The van der Waals surface area contributed by atoms with E-state index in [1.165, 1.54) is 5.56 Å². The van der Waals surface area contributed by atoms with Gasteiger partial charge in [0.2, 0.25) is 0 Å². The number of nitrogens with two attached hydrogens (primary N) is 1. The largest absolute Gasteiger partial charge is 0.377 e. The quantitative estimate of drug-likeness (QED) is 0.532. The lowest BCUT2D eigenvalue weighted by Gasteiger charge is -2.38. The average molecular weight is 264 g/mol. The van der Waals surface area contributed by atoms with Crippen LogP contribution in [0.15, 0.2) is 30.3 Å². The molecular formula is C16H28N2O. The van der Waals surface area contributed by atoms with Crippen LogP contribution in [0, 0.1) is 0 Å². The van der Waals surface area contributed by atoms with Gasteiger partial charge in [-0.3, -0.25) is 11.3 Å². The average Bonchev–Trinajstić information content (AvgIpc) is 2.48. The molecule has 0 aliphatic heterocycles. The molecule has 0 heterocycles. The van der Waals surface area contributed by atoms with Crippen LogP contribution in [0.4, 0.5) is 0 Å². The van der Waals surface area contributed by atoms with Crippen LogP contribution >= 0.6 is 0 Å². The normalized spacial score (nSPS) is 13.5. The lowest BCUT2D eigenvalue weighted by Crippen LogP contribution is -2.54. The van der Waals surface area contributed by atoms with Gasteiger partial charge in [0.15, 0.2) is 0 Å². The second kappa shape index (κ2) is 8.31. The molecule has 0 aliphatic carbocycles. The molecule has 3 nitrogen and oxygen atoms in total. The molecule has 0 aromatic heterocycles. The Hall–Kier alpha value is -0.900. The number of hydrogen-bond donors (Lipinski definition) is 2. The van der Waals surface area contributed by atoms with Gasteiger partial charge in [-0.1, -0.05) is 44.2 Å². The van der Waals surface area contributed by atoms with Gasteiger partial charge in [0.1, 0.15) is 0 Å². The Kier molecular flexibility index (Phi) is 7.06. The molecule has 0 saturated carbocycles. The third-order valence-electron chi connectivity index (χ3n) is 4.24. The molecule has 0 aliphatic rings. The van der Waals surface area contributed by atoms with E-state index in [-0.39, 0.29) is 11.6 Å². The summed E-state index contributed by atoms with van der Waals surface area (Å²) >= 11 is 0. The molecule has 1 rings (SSSR count). The van der Waals surface area contributed by atoms with Gasteiger partial charge in [-0.2, -0.15) is 0 Å². The van der Waals surface area contributed by atoms with E-state index < -0.39 is 0 Å². The summed E-state index contributed by atoms with van der Waals surface area (Å²) in [6, 6.07) is 10.8. The van der Waals surface area contributed by atoms with Crippen molar-refractivity contribution in [3.8, 4) is 0 Å². The minimum absolute atomic E-state index is 0.147. The van der Waals surface area contributed by atoms with Gasteiger partial charge in [0.05, 0.1) is 11.6 Å². The van der Waals surface area contributed by atoms with E-state index in [1.807, 2.05) is 0 Å². The Morgan fingerprint density at radius 3 is 2.32 bits per heavy atom. The number of benzene rings is 1. The fourth-order valence-electron chi connectivity index (χ4n) is 2.83. The summed E-state index contributed by atoms with van der Waals surface area (Å²) in [6.45, 7) is 4.32. The second-order valence-corrected chi connectivity index (χ2v) is 5.07. The Morgan fingerprint density at radius 1 is 1.21 bits per heavy atom. The molecule has 0 amide bonds. The Bertz CT molecular complexity index is 328. The van der Waals surface area contributed by atoms with Gasteiger partial charge in [-0.05, 0) is 37.7 Å². The van der Waals surface area contributed by atoms with Crippen LogP contribution in [0.5, 0.6) is 0 Å². The van der Waals surface area contributed by atoms with Crippen molar-refractivity contribution in [3.63, 3.8) is 0 Å². The van der Waals surface area contributed by atoms with Crippen molar-refractivity contribution >= 4 is 0 Å². The molecule has 19 heavy (non-hydrogen) atoms. The minimum Gasteiger partial charge on any atom is -0.377 e. The van der Waals surface area contributed by atoms with Crippen molar-refractivity contribution in [1.82, 2.24) is 5.43 Å². The van der Waals surface area contributed by atoms with Gasteiger partial charge < -0.3 is 4.74 Å². The number of hydrogen-bond acceptors (Lipinski definition) is 3. The van der Waals surface area contributed by atoms with E-state index in [0.717, 1.165) is 32.1 Å². The highest BCUT2D eigenvalue weighted by molar-refractivity contribution is 5.14. The summed E-state index contributed by atoms with van der Waals surface area (Å²) in [5.41, 5.74) is 4.19. The van der Waals surface area contributed by atoms with Crippen molar-refractivity contribution < 1.29 is 4.74 Å². The number of nitrogens with one attached hydrogen (secondary N) is 1. The number of ether oxygens (including phenoxy) is 1. The SMILES string of the molecule is CCC(CC)(OC)C(CCCc1ccccc1)NN. The number of methoxy groups -OCH3 is 1. The predicted molar refractivity (Wildman–Crippen MR) is 80.8 cm³/mol. The molecule has 0 spiro atoms. The van der Waals surface area contributed by atoms with E-state index >= 15 is 0 Å². The van der Waals surface area contributed by atoms with E-state index in [0.29, 0.717) is 0 Å². The molecule has 1 aromatic rings. The standard InChI is InChI=1S/C16H28N2O/c1-4-16(5-2,19-3)15(18-17)13-9-12-14-10-7-6-8-11-14/h6-8,10-11,15,18H,4-5,9,12-13,17H2,1-3H3. The second-order valence-electron chi connectivity index (χ2n) is 5.07. The highest BCUT2D eigenvalue weighted by atomic mass is 16.5. The molecule has 1 unspecified atom stereocenters. The molecule has 0 saturated heterocycles. The van der Waals surface area contributed by atoms with Crippen LogP contribution in [0.2, 0.25) is 0 Å². The van der Waals surface area contributed by atoms with Crippen LogP contribution in [0.25, 0.3) is 0 Å². The summed E-state index contributed by atoms with van der Waals surface area (Å²) in [5.74, 6) is 5.74. The van der Waals surface area contributed by atoms with E-state index in [4.69, 9.17) is 10.6 Å². The Morgan fingerprint density at radius 2 is 1.84 bits per heavy atom. The Balaban J connectivity index is 2.52. The van der Waals surface area contributed by atoms with E-state index in [9.17, 15) is 0 Å². The van der Waals surface area contributed by atoms with Crippen molar-refractivity contribution in [3.05, 3.63) is 35.9 Å². The third kappa shape index (κ3) is 4.30. The summed E-state index contributed by atoms with van der Waals surface area (Å²) in [4.78, 5) is 0. The molecular weight excluding hydrogens is 236 g/mol. The van der Waals surface area contributed by atoms with Crippen LogP contribution in [-0.2, 0) is 11.2 Å². The summed E-state index contributed by atoms with van der Waals surface area (Å²) in [5, 5.41) is 0. The topological polar surface area (TPSA) is 47.3 Å². The fraction of sp³-hybridized carbons (Fsp3) is 0.625. The van der Waals surface area contributed by atoms with Crippen LogP contribution in [-0.4, -0.2) is 18.8 Å². The van der Waals surface area contributed by atoms with Gasteiger partial charge in [0, 0.05) is 7.11 Å². The van der Waals surface area contributed by atoms with E-state index in [2.05, 4.69) is 49.6 Å². The predicted octanol–water partition coefficient (Wildman–Crippen LogP) is 3.05. The fourth-order valence-corrected chi connectivity index (χ4v) is 2.83. The maximum atomic E-state index is 5.75. The molecule has 3 heteroatoms. The van der Waals surface area contributed by atoms with Crippen LogP contribution < -0.4 is 11.3 Å². The maximum absolute atomic E-state index is 5.75. The number of aryl methyl sites for hydroxylation is 1. The first-order valence-electron chi connectivity index (χ1n) is 7.27. The third-order valence-corrected chi connectivity index (χ3v) is 4.24. The van der Waals surface area contributed by atoms with Crippen molar-refractivity contribution in [1.29, 1.82) is 0 Å². The first kappa shape index (κ1) is 16.2. The molecule has 3 N–H and O–H groups in total. The van der Waals surface area contributed by atoms with Crippen molar-refractivity contribution in [2.75, 3.05) is 7.11 Å². The van der Waals surface area contributed by atoms with Crippen molar-refractivity contribution in [2.24, 2.45) is 5.84 Å². The number of hydrazine groups is 1. The highest BCUT2D eigenvalue weighted by Crippen LogP contribution is 2.27. The van der Waals surface area contributed by atoms with Crippen LogP contribution in [0.1, 0.15) is 45.1 Å². The molecule has 1 atom stereocenters. The highest BCUT2D eigenvalue weighted by Gasteiger charge is 2.34. The smallest absolute Gasteiger partial charge is 0.0839 e. The first-order valence-corrected chi connectivity index (χ1v) is 7.27. The molecule has 108 valence electrons. The summed E-state index contributed by atoms with van der Waals surface area (Å²) in [7, 11) is 1.79. The zero-order chi connectivity index (χ0) is 14.1. The molecule has 0 radical (unpaired) electrons. The minimum atomic E-state index is -0.147. The van der Waals surface area contributed by atoms with Gasteiger partial charge in [-0.25, -0.2) is 0 Å². The number of rotatable bonds is 9. The monoisotopic (exact) mass is 264 g/mol. The summed E-state index contributed by atoms with van der Waals surface area (Å²) < 4.78 is 5.75. The van der Waals surface area contributed by atoms with Gasteiger partial charge >= 0.3 is 0 Å². The zero-order valence-electron chi connectivity index (χ0n) is 12.5. The van der Waals surface area contributed by atoms with Gasteiger partial charge in [-0.15, -0.1) is 0 Å². The Labute approximate surface area is 117 Å². The lowest BCUT2D eigenvalue weighted by atomic mass is 9.85. The molecule has 0 fully saturated rings.